The lowest BCUT2D eigenvalue weighted by Gasteiger charge is -2.26. The van der Waals surface area contributed by atoms with E-state index >= 15 is 0 Å². The minimum absolute atomic E-state index is 0.0777. The molecule has 4 aromatic rings. The summed E-state index contributed by atoms with van der Waals surface area (Å²) in [4.78, 5) is 15.2. The molecular weight excluding hydrogens is 389 g/mol. The van der Waals surface area contributed by atoms with E-state index in [4.69, 9.17) is 0 Å². The van der Waals surface area contributed by atoms with Crippen LogP contribution in [0.4, 0.5) is 4.39 Å². The maximum absolute atomic E-state index is 13.6. The highest BCUT2D eigenvalue weighted by Crippen LogP contribution is 2.42. The smallest absolute Gasteiger partial charge is 0.273 e. The molecule has 154 valence electrons. The summed E-state index contributed by atoms with van der Waals surface area (Å²) in [6.45, 7) is 2.59. The number of nitrogens with zero attached hydrogens (tertiary/aromatic N) is 2. The van der Waals surface area contributed by atoms with Gasteiger partial charge in [0, 0.05) is 17.7 Å². The van der Waals surface area contributed by atoms with Crippen LogP contribution in [0.1, 0.15) is 38.8 Å². The third kappa shape index (κ3) is 3.52. The number of amides is 1. The molecule has 5 heteroatoms. The van der Waals surface area contributed by atoms with Crippen molar-refractivity contribution in [3.05, 3.63) is 113 Å². The molecule has 1 aliphatic rings. The Bertz CT molecular complexity index is 1210. The molecule has 4 nitrogen and oxygen atoms in total. The van der Waals surface area contributed by atoms with Gasteiger partial charge in [0.1, 0.15) is 11.5 Å². The van der Waals surface area contributed by atoms with Crippen molar-refractivity contribution < 1.29 is 9.18 Å². The Morgan fingerprint density at radius 2 is 1.68 bits per heavy atom. The van der Waals surface area contributed by atoms with Crippen molar-refractivity contribution >= 4 is 5.91 Å². The standard InChI is InChI=1S/C26H22FN3O/c1-17-7-9-19(10-8-17)23-22-24(29-28-23)26(31)30(16-15-18-5-3-2-4-6-18)25(22)20-11-13-21(27)14-12-20/h2-14,25H,15-16H2,1H3,(H,28,29). The molecule has 0 saturated carbocycles. The molecule has 3 aromatic carbocycles. The summed E-state index contributed by atoms with van der Waals surface area (Å²) in [6.07, 6.45) is 0.738. The highest BCUT2D eigenvalue weighted by molar-refractivity contribution is 6.00. The fourth-order valence-corrected chi connectivity index (χ4v) is 4.24. The molecule has 0 aliphatic carbocycles. The highest BCUT2D eigenvalue weighted by atomic mass is 19.1. The van der Waals surface area contributed by atoms with E-state index < -0.39 is 0 Å². The van der Waals surface area contributed by atoms with Gasteiger partial charge in [-0.3, -0.25) is 9.89 Å². The number of halogens is 1. The van der Waals surface area contributed by atoms with Crippen molar-refractivity contribution in [3.8, 4) is 11.3 Å². The zero-order chi connectivity index (χ0) is 21.4. The van der Waals surface area contributed by atoms with E-state index in [2.05, 4.69) is 22.3 Å². The van der Waals surface area contributed by atoms with E-state index in [9.17, 15) is 9.18 Å². The number of hydrogen-bond acceptors (Lipinski definition) is 2. The molecule has 1 aromatic heterocycles. The van der Waals surface area contributed by atoms with Gasteiger partial charge in [-0.15, -0.1) is 0 Å². The molecule has 31 heavy (non-hydrogen) atoms. The highest BCUT2D eigenvalue weighted by Gasteiger charge is 2.41. The first-order valence-electron chi connectivity index (χ1n) is 10.4. The van der Waals surface area contributed by atoms with Gasteiger partial charge in [-0.25, -0.2) is 4.39 Å². The number of aryl methyl sites for hydroxylation is 1. The molecule has 2 heterocycles. The Morgan fingerprint density at radius 1 is 0.968 bits per heavy atom. The first-order valence-corrected chi connectivity index (χ1v) is 10.4. The summed E-state index contributed by atoms with van der Waals surface area (Å²) in [5.74, 6) is -0.374. The van der Waals surface area contributed by atoms with E-state index in [0.717, 1.165) is 34.4 Å². The molecule has 0 bridgehead atoms. The van der Waals surface area contributed by atoms with Gasteiger partial charge in [0.15, 0.2) is 0 Å². The third-order valence-electron chi connectivity index (χ3n) is 5.86. The van der Waals surface area contributed by atoms with Crippen LogP contribution in [-0.2, 0) is 6.42 Å². The van der Waals surface area contributed by atoms with Crippen molar-refractivity contribution in [1.29, 1.82) is 0 Å². The van der Waals surface area contributed by atoms with Gasteiger partial charge in [0.25, 0.3) is 5.91 Å². The number of aromatic amines is 1. The van der Waals surface area contributed by atoms with Gasteiger partial charge < -0.3 is 4.90 Å². The quantitative estimate of drug-likeness (QED) is 0.484. The second kappa shape index (κ2) is 7.84. The van der Waals surface area contributed by atoms with E-state index in [1.165, 1.54) is 17.7 Å². The summed E-state index contributed by atoms with van der Waals surface area (Å²) < 4.78 is 13.6. The van der Waals surface area contributed by atoms with E-state index in [1.807, 2.05) is 54.3 Å². The Kier molecular flexibility index (Phi) is 4.86. The van der Waals surface area contributed by atoms with Crippen LogP contribution in [0.3, 0.4) is 0 Å². The van der Waals surface area contributed by atoms with Crippen molar-refractivity contribution in [2.75, 3.05) is 6.54 Å². The number of nitrogens with one attached hydrogen (secondary N) is 1. The number of carbonyl (C=O) groups is 1. The lowest BCUT2D eigenvalue weighted by atomic mass is 9.95. The SMILES string of the molecule is Cc1ccc(-c2n[nH]c3c2C(c2ccc(F)cc2)N(CCc2ccccc2)C3=O)cc1. The van der Waals surface area contributed by atoms with Crippen LogP contribution < -0.4 is 0 Å². The van der Waals surface area contributed by atoms with E-state index in [1.54, 1.807) is 12.1 Å². The van der Waals surface area contributed by atoms with Gasteiger partial charge in [-0.1, -0.05) is 72.3 Å². The average molecular weight is 411 g/mol. The fraction of sp³-hybridized carbons (Fsp3) is 0.154. The number of carbonyl (C=O) groups excluding carboxylic acids is 1. The second-order valence-electron chi connectivity index (χ2n) is 7.92. The minimum Gasteiger partial charge on any atom is -0.326 e. The summed E-state index contributed by atoms with van der Waals surface area (Å²) in [6, 6.07) is 24.3. The lowest BCUT2D eigenvalue weighted by molar-refractivity contribution is 0.0746. The zero-order valence-electron chi connectivity index (χ0n) is 17.2. The van der Waals surface area contributed by atoms with Crippen molar-refractivity contribution in [2.45, 2.75) is 19.4 Å². The van der Waals surface area contributed by atoms with Crippen LogP contribution in [0.15, 0.2) is 78.9 Å². The summed E-state index contributed by atoms with van der Waals surface area (Å²) in [5, 5.41) is 7.46. The van der Waals surface area contributed by atoms with Crippen LogP contribution in [0, 0.1) is 12.7 Å². The molecule has 0 radical (unpaired) electrons. The van der Waals surface area contributed by atoms with E-state index in [0.29, 0.717) is 12.2 Å². The Morgan fingerprint density at radius 3 is 2.39 bits per heavy atom. The monoisotopic (exact) mass is 411 g/mol. The molecule has 1 aliphatic heterocycles. The largest absolute Gasteiger partial charge is 0.326 e. The van der Waals surface area contributed by atoms with Crippen LogP contribution in [0.5, 0.6) is 0 Å². The normalized spacial score (nSPS) is 15.4. The predicted octanol–water partition coefficient (Wildman–Crippen LogP) is 5.31. The van der Waals surface area contributed by atoms with Gasteiger partial charge in [0.2, 0.25) is 0 Å². The molecule has 0 spiro atoms. The second-order valence-corrected chi connectivity index (χ2v) is 7.92. The zero-order valence-corrected chi connectivity index (χ0v) is 17.2. The van der Waals surface area contributed by atoms with Crippen LogP contribution in [-0.4, -0.2) is 27.5 Å². The Hall–Kier alpha value is -3.73. The first-order chi connectivity index (χ1) is 15.1. The Balaban J connectivity index is 1.57. The van der Waals surface area contributed by atoms with Gasteiger partial charge in [-0.2, -0.15) is 5.10 Å². The average Bonchev–Trinajstić information content (AvgIpc) is 3.33. The topological polar surface area (TPSA) is 49.0 Å². The molecular formula is C26H22FN3O. The number of hydrogen-bond donors (Lipinski definition) is 1. The number of H-pyrrole nitrogens is 1. The number of rotatable bonds is 5. The summed E-state index contributed by atoms with van der Waals surface area (Å²) in [5.41, 5.74) is 6.28. The molecule has 1 atom stereocenters. The van der Waals surface area contributed by atoms with Gasteiger partial charge in [0.05, 0.1) is 11.7 Å². The predicted molar refractivity (Wildman–Crippen MR) is 118 cm³/mol. The summed E-state index contributed by atoms with van der Waals surface area (Å²) in [7, 11) is 0. The van der Waals surface area contributed by atoms with Crippen LogP contribution in [0.25, 0.3) is 11.3 Å². The molecule has 1 amide bonds. The van der Waals surface area contributed by atoms with E-state index in [-0.39, 0.29) is 17.8 Å². The third-order valence-corrected chi connectivity index (χ3v) is 5.86. The molecule has 5 rings (SSSR count). The number of aromatic nitrogens is 2. The maximum atomic E-state index is 13.6. The van der Waals surface area contributed by atoms with Crippen molar-refractivity contribution in [2.24, 2.45) is 0 Å². The van der Waals surface area contributed by atoms with Crippen LogP contribution >= 0.6 is 0 Å². The summed E-state index contributed by atoms with van der Waals surface area (Å²) >= 11 is 0. The minimum atomic E-state index is -0.318. The van der Waals surface area contributed by atoms with Gasteiger partial charge >= 0.3 is 0 Å². The van der Waals surface area contributed by atoms with Crippen molar-refractivity contribution in [1.82, 2.24) is 15.1 Å². The van der Waals surface area contributed by atoms with Crippen LogP contribution in [0.2, 0.25) is 0 Å². The van der Waals surface area contributed by atoms with Crippen molar-refractivity contribution in [3.63, 3.8) is 0 Å². The maximum Gasteiger partial charge on any atom is 0.273 e. The van der Waals surface area contributed by atoms with Gasteiger partial charge in [-0.05, 0) is 36.6 Å². The molecule has 0 fully saturated rings. The molecule has 1 N–H and O–H groups in total. The number of benzene rings is 3. The fourth-order valence-electron chi connectivity index (χ4n) is 4.24. The molecule has 1 unspecified atom stereocenters. The molecule has 0 saturated heterocycles. The Labute approximate surface area is 180 Å². The number of fused-ring (bicyclic) bond motifs is 1. The first kappa shape index (κ1) is 19.2. The lowest BCUT2D eigenvalue weighted by Crippen LogP contribution is -2.31.